The van der Waals surface area contributed by atoms with Crippen molar-refractivity contribution in [2.75, 3.05) is 5.32 Å². The number of anilines is 1. The minimum Gasteiger partial charge on any atom is -0.361 e. The zero-order valence-electron chi connectivity index (χ0n) is 12.8. The van der Waals surface area contributed by atoms with Crippen molar-refractivity contribution in [3.8, 4) is 0 Å². The molecule has 3 rings (SSSR count). The quantitative estimate of drug-likeness (QED) is 0.604. The summed E-state index contributed by atoms with van der Waals surface area (Å²) in [7, 11) is 0. The summed E-state index contributed by atoms with van der Waals surface area (Å²) in [6.45, 7) is 1.70. The van der Waals surface area contributed by atoms with Crippen molar-refractivity contribution in [2.45, 2.75) is 19.1 Å². The summed E-state index contributed by atoms with van der Waals surface area (Å²) < 4.78 is 52.4. The van der Waals surface area contributed by atoms with Crippen LogP contribution in [0.25, 0.3) is 10.9 Å². The molecule has 4 nitrogen and oxygen atoms in total. The molecule has 25 heavy (non-hydrogen) atoms. The highest BCUT2D eigenvalue weighted by Gasteiger charge is 2.30. The highest BCUT2D eigenvalue weighted by atomic mass is 79.9. The third-order valence-corrected chi connectivity index (χ3v) is 4.27. The van der Waals surface area contributed by atoms with Gasteiger partial charge in [0.15, 0.2) is 5.82 Å². The Balaban J connectivity index is 1.95. The van der Waals surface area contributed by atoms with E-state index in [1.165, 1.54) is 18.2 Å². The van der Waals surface area contributed by atoms with E-state index in [-0.39, 0.29) is 9.99 Å². The van der Waals surface area contributed by atoms with E-state index in [1.54, 1.807) is 13.0 Å². The Morgan fingerprint density at radius 1 is 1.12 bits per heavy atom. The summed E-state index contributed by atoms with van der Waals surface area (Å²) in [6.07, 6.45) is -4.42. The number of hydrogen-bond donors (Lipinski definition) is 1. The fourth-order valence-corrected chi connectivity index (χ4v) is 2.70. The lowest BCUT2D eigenvalue weighted by Crippen LogP contribution is -2.12. The van der Waals surface area contributed by atoms with E-state index in [4.69, 9.17) is 0 Å². The van der Waals surface area contributed by atoms with Crippen molar-refractivity contribution in [2.24, 2.45) is 0 Å². The number of benzene rings is 2. The number of nitrogens with one attached hydrogen (secondary N) is 1. The van der Waals surface area contributed by atoms with Gasteiger partial charge in [-0.15, -0.1) is 10.2 Å². The lowest BCUT2D eigenvalue weighted by molar-refractivity contribution is -0.137. The maximum atomic E-state index is 13.6. The molecule has 0 saturated carbocycles. The van der Waals surface area contributed by atoms with Gasteiger partial charge in [-0.05, 0) is 51.8 Å². The van der Waals surface area contributed by atoms with Gasteiger partial charge in [-0.1, -0.05) is 12.1 Å². The van der Waals surface area contributed by atoms with Crippen LogP contribution in [0.1, 0.15) is 24.1 Å². The van der Waals surface area contributed by atoms with E-state index in [1.807, 2.05) is 0 Å². The van der Waals surface area contributed by atoms with Crippen LogP contribution in [-0.4, -0.2) is 15.4 Å². The minimum atomic E-state index is -4.42. The second kappa shape index (κ2) is 6.55. The van der Waals surface area contributed by atoms with Crippen LogP contribution in [0, 0.1) is 5.82 Å². The number of rotatable bonds is 3. The van der Waals surface area contributed by atoms with Crippen LogP contribution in [-0.2, 0) is 6.18 Å². The molecular formula is C16H11BrF4N4. The van der Waals surface area contributed by atoms with Crippen molar-refractivity contribution in [3.05, 3.63) is 57.8 Å². The fraction of sp³-hybridized carbons (Fsp3) is 0.188. The largest absolute Gasteiger partial charge is 0.416 e. The topological polar surface area (TPSA) is 50.7 Å². The highest BCUT2D eigenvalue weighted by molar-refractivity contribution is 9.10. The number of nitrogens with zero attached hydrogens (tertiary/aromatic N) is 3. The van der Waals surface area contributed by atoms with Gasteiger partial charge >= 0.3 is 6.18 Å². The first-order valence-corrected chi connectivity index (χ1v) is 7.97. The molecule has 1 atom stereocenters. The maximum Gasteiger partial charge on any atom is 0.416 e. The molecule has 0 radical (unpaired) electrons. The van der Waals surface area contributed by atoms with Crippen molar-refractivity contribution < 1.29 is 17.6 Å². The van der Waals surface area contributed by atoms with Crippen LogP contribution in [0.15, 0.2) is 40.9 Å². The predicted molar refractivity (Wildman–Crippen MR) is 88.5 cm³/mol. The Labute approximate surface area is 148 Å². The minimum absolute atomic E-state index is 0.226. The number of hydrogen-bond acceptors (Lipinski definition) is 4. The van der Waals surface area contributed by atoms with Crippen LogP contribution >= 0.6 is 15.9 Å². The molecule has 0 aliphatic carbocycles. The lowest BCUT2D eigenvalue weighted by atomic mass is 10.0. The molecule has 0 spiro atoms. The van der Waals surface area contributed by atoms with E-state index in [9.17, 15) is 17.6 Å². The van der Waals surface area contributed by atoms with Crippen LogP contribution in [0.5, 0.6) is 0 Å². The van der Waals surface area contributed by atoms with Gasteiger partial charge in [0.25, 0.3) is 0 Å². The molecular weight excluding hydrogens is 404 g/mol. The molecule has 1 heterocycles. The first kappa shape index (κ1) is 17.5. The monoisotopic (exact) mass is 414 g/mol. The average molecular weight is 415 g/mol. The smallest absolute Gasteiger partial charge is 0.361 e. The first-order valence-electron chi connectivity index (χ1n) is 7.17. The molecule has 3 aromatic rings. The van der Waals surface area contributed by atoms with E-state index in [2.05, 4.69) is 36.7 Å². The average Bonchev–Trinajstić information content (AvgIpc) is 2.56. The molecule has 1 N–H and O–H groups in total. The third-order valence-electron chi connectivity index (χ3n) is 3.66. The molecule has 0 unspecified atom stereocenters. The number of fused-ring (bicyclic) bond motifs is 1. The number of halogens is 5. The van der Waals surface area contributed by atoms with Crippen LogP contribution in [0.4, 0.5) is 23.4 Å². The molecule has 0 aliphatic rings. The van der Waals surface area contributed by atoms with Gasteiger partial charge in [0.2, 0.25) is 0 Å². The van der Waals surface area contributed by atoms with E-state index >= 15 is 0 Å². The summed E-state index contributed by atoms with van der Waals surface area (Å²) in [5.74, 6) is -0.194. The zero-order chi connectivity index (χ0) is 18.2. The van der Waals surface area contributed by atoms with Crippen molar-refractivity contribution in [1.82, 2.24) is 15.4 Å². The third kappa shape index (κ3) is 3.71. The maximum absolute atomic E-state index is 13.6. The van der Waals surface area contributed by atoms with Gasteiger partial charge < -0.3 is 5.32 Å². The number of alkyl halides is 3. The van der Waals surface area contributed by atoms with Crippen LogP contribution in [0.2, 0.25) is 0 Å². The lowest BCUT2D eigenvalue weighted by Gasteiger charge is -2.17. The SMILES string of the molecule is C[C@@H](Nc1nnnc2cc(F)c(Br)cc12)c1cccc(C(F)(F)F)c1. The summed E-state index contributed by atoms with van der Waals surface area (Å²) in [5.41, 5.74) is -0.00802. The van der Waals surface area contributed by atoms with Gasteiger partial charge in [0.1, 0.15) is 11.3 Å². The van der Waals surface area contributed by atoms with E-state index < -0.39 is 23.6 Å². The molecule has 0 aliphatic heterocycles. The highest BCUT2D eigenvalue weighted by Crippen LogP contribution is 2.32. The molecule has 1 aromatic heterocycles. The van der Waals surface area contributed by atoms with Crippen molar-refractivity contribution >= 4 is 32.7 Å². The van der Waals surface area contributed by atoms with E-state index in [0.29, 0.717) is 16.8 Å². The second-order valence-electron chi connectivity index (χ2n) is 5.41. The van der Waals surface area contributed by atoms with Crippen molar-refractivity contribution in [3.63, 3.8) is 0 Å². The molecule has 2 aromatic carbocycles. The summed E-state index contributed by atoms with van der Waals surface area (Å²) in [5, 5.41) is 14.7. The summed E-state index contributed by atoms with van der Waals surface area (Å²) in [4.78, 5) is 0. The molecule has 0 saturated heterocycles. The second-order valence-corrected chi connectivity index (χ2v) is 6.27. The Morgan fingerprint density at radius 2 is 1.88 bits per heavy atom. The first-order chi connectivity index (χ1) is 11.8. The standard InChI is InChI=1S/C16H11BrF4N4/c1-8(9-3-2-4-10(5-9)16(19,20)21)22-15-11-6-12(17)13(18)7-14(11)23-25-24-15/h2-8H,1H3,(H,22,23,24)/t8-/m1/s1. The Kier molecular flexibility index (Phi) is 4.59. The Morgan fingerprint density at radius 3 is 2.60 bits per heavy atom. The van der Waals surface area contributed by atoms with Crippen LogP contribution in [0.3, 0.4) is 0 Å². The Hall–Kier alpha value is -2.29. The van der Waals surface area contributed by atoms with Gasteiger partial charge in [-0.25, -0.2) is 4.39 Å². The number of aromatic nitrogens is 3. The molecule has 9 heteroatoms. The molecule has 0 bridgehead atoms. The van der Waals surface area contributed by atoms with Gasteiger partial charge in [0, 0.05) is 11.5 Å². The molecule has 130 valence electrons. The predicted octanol–water partition coefficient (Wildman–Crippen LogP) is 5.12. The normalized spacial score (nSPS) is 13.0. The fourth-order valence-electron chi connectivity index (χ4n) is 2.36. The summed E-state index contributed by atoms with van der Waals surface area (Å²) in [6, 6.07) is 7.23. The van der Waals surface area contributed by atoms with Crippen molar-refractivity contribution in [1.29, 1.82) is 0 Å². The van der Waals surface area contributed by atoms with Gasteiger partial charge in [0.05, 0.1) is 16.1 Å². The van der Waals surface area contributed by atoms with Gasteiger partial charge in [-0.2, -0.15) is 13.2 Å². The van der Waals surface area contributed by atoms with Gasteiger partial charge in [-0.3, -0.25) is 0 Å². The molecule has 0 fully saturated rings. The zero-order valence-corrected chi connectivity index (χ0v) is 14.4. The summed E-state index contributed by atoms with van der Waals surface area (Å²) >= 11 is 3.09. The molecule has 0 amide bonds. The van der Waals surface area contributed by atoms with Crippen LogP contribution < -0.4 is 5.32 Å². The Bertz CT molecular complexity index is 930. The van der Waals surface area contributed by atoms with E-state index in [0.717, 1.165) is 12.1 Å².